The van der Waals surface area contributed by atoms with E-state index in [-0.39, 0.29) is 82.5 Å². The van der Waals surface area contributed by atoms with Gasteiger partial charge in [0.15, 0.2) is 0 Å². The third-order valence-corrected chi connectivity index (χ3v) is 15.7. The van der Waals surface area contributed by atoms with Crippen molar-refractivity contribution in [2.75, 3.05) is 0 Å². The summed E-state index contributed by atoms with van der Waals surface area (Å²) in [6, 6.07) is 0. The molecule has 0 N–H and O–H groups in total. The quantitative estimate of drug-likeness (QED) is 0.288. The van der Waals surface area contributed by atoms with E-state index in [9.17, 15) is 0 Å². The van der Waals surface area contributed by atoms with E-state index in [1.807, 2.05) is 125 Å². The second kappa shape index (κ2) is 15.5. The Morgan fingerprint density at radius 1 is 0.273 bits per heavy atom. The van der Waals surface area contributed by atoms with Crippen LogP contribution in [0.25, 0.3) is 0 Å². The SMILES string of the molecule is CC(C)(C)[O][Sn]([O]C(C)(C)C)[O]C(C)(C)C.CC(C)(C)[O][Sn]([O]C(C)(C)C)[O]C(C)(C)C.[Ba]. The normalized spacial score (nSPS) is 14.2. The molecule has 0 aromatic heterocycles. The molecule has 0 aromatic rings. The van der Waals surface area contributed by atoms with Crippen molar-refractivity contribution in [1.82, 2.24) is 0 Å². The predicted octanol–water partition coefficient (Wildman–Crippen LogP) is 6.45. The van der Waals surface area contributed by atoms with Gasteiger partial charge in [0, 0.05) is 48.9 Å². The molecular weight excluding hydrogens is 759 g/mol. The average Bonchev–Trinajstić information content (AvgIpc) is 2.24. The Morgan fingerprint density at radius 2 is 0.364 bits per heavy atom. The van der Waals surface area contributed by atoms with Crippen molar-refractivity contribution in [3.05, 3.63) is 0 Å². The number of rotatable bonds is 6. The third-order valence-electron chi connectivity index (χ3n) is 2.34. The Kier molecular flexibility index (Phi) is 19.0. The van der Waals surface area contributed by atoms with Crippen molar-refractivity contribution in [3.63, 3.8) is 0 Å². The summed E-state index contributed by atoms with van der Waals surface area (Å²) in [5, 5.41) is 0. The second-order valence-corrected chi connectivity index (χ2v) is 20.1. The van der Waals surface area contributed by atoms with Gasteiger partial charge >= 0.3 is 219 Å². The fourth-order valence-corrected chi connectivity index (χ4v) is 10.9. The Bertz CT molecular complexity index is 394. The molecular formula is C24H54BaO6Sn2. The average molecular weight is 813 g/mol. The molecule has 4 radical (unpaired) electrons. The van der Waals surface area contributed by atoms with Crippen molar-refractivity contribution in [1.29, 1.82) is 0 Å². The van der Waals surface area contributed by atoms with Crippen LogP contribution < -0.4 is 0 Å². The first-order chi connectivity index (χ1) is 13.6. The Hall–Kier alpha value is 2.93. The standard InChI is InChI=1S/6C4H9O.Ba.2Sn/c6*1-4(2,3)5;;;/h6*1-3H3;;;/q6*-1;;2*+3. The van der Waals surface area contributed by atoms with Crippen molar-refractivity contribution in [3.8, 4) is 0 Å². The van der Waals surface area contributed by atoms with Crippen LogP contribution in [0.3, 0.4) is 0 Å². The van der Waals surface area contributed by atoms with Crippen LogP contribution >= 0.6 is 0 Å². The van der Waals surface area contributed by atoms with Gasteiger partial charge in [-0.05, 0) is 0 Å². The van der Waals surface area contributed by atoms with E-state index in [2.05, 4.69) is 0 Å². The fourth-order valence-electron chi connectivity index (χ4n) is 1.63. The molecule has 0 unspecified atom stereocenters. The van der Waals surface area contributed by atoms with Crippen LogP contribution in [-0.4, -0.2) is 124 Å². The van der Waals surface area contributed by atoms with Gasteiger partial charge in [-0.25, -0.2) is 0 Å². The van der Waals surface area contributed by atoms with Gasteiger partial charge in [0.25, 0.3) is 0 Å². The maximum atomic E-state index is 5.94. The summed E-state index contributed by atoms with van der Waals surface area (Å²) < 4.78 is 35.7. The molecule has 0 rings (SSSR count). The second-order valence-electron chi connectivity index (χ2n) is 13.8. The van der Waals surface area contributed by atoms with Gasteiger partial charge in [-0.15, -0.1) is 0 Å². The van der Waals surface area contributed by atoms with E-state index in [4.69, 9.17) is 18.4 Å². The summed E-state index contributed by atoms with van der Waals surface area (Å²) in [4.78, 5) is 0. The smallest absolute Gasteiger partial charge is 0 e. The molecule has 0 bridgehead atoms. The molecule has 0 saturated heterocycles. The van der Waals surface area contributed by atoms with Gasteiger partial charge in [0.2, 0.25) is 0 Å². The minimum absolute atomic E-state index is 0. The van der Waals surface area contributed by atoms with E-state index in [0.717, 1.165) is 0 Å². The molecule has 0 fully saturated rings. The van der Waals surface area contributed by atoms with Crippen molar-refractivity contribution in [2.24, 2.45) is 0 Å². The molecule has 0 aliphatic rings. The predicted molar refractivity (Wildman–Crippen MR) is 142 cm³/mol. The Balaban J connectivity index is -0.000000529. The van der Waals surface area contributed by atoms with Crippen LogP contribution in [0.2, 0.25) is 0 Å². The molecule has 6 nitrogen and oxygen atoms in total. The molecule has 0 atom stereocenters. The number of hydrogen-bond donors (Lipinski definition) is 0. The largest absolute Gasteiger partial charge is 0 e. The van der Waals surface area contributed by atoms with Gasteiger partial charge in [0.05, 0.1) is 0 Å². The summed E-state index contributed by atoms with van der Waals surface area (Å²) in [6.45, 7) is 36.6. The van der Waals surface area contributed by atoms with Crippen LogP contribution in [0.4, 0.5) is 0 Å². The molecule has 0 aliphatic carbocycles. The summed E-state index contributed by atoms with van der Waals surface area (Å²) in [5.41, 5.74) is -1.22. The summed E-state index contributed by atoms with van der Waals surface area (Å²) in [7, 11) is 0. The molecule has 0 amide bonds. The van der Waals surface area contributed by atoms with Crippen molar-refractivity contribution >= 4 is 90.9 Å². The fraction of sp³-hybridized carbons (Fsp3) is 1.00. The van der Waals surface area contributed by atoms with Crippen molar-refractivity contribution < 1.29 is 18.4 Å². The monoisotopic (exact) mass is 816 g/mol. The molecule has 9 heteroatoms. The molecule has 0 saturated carbocycles. The van der Waals surface area contributed by atoms with E-state index >= 15 is 0 Å². The van der Waals surface area contributed by atoms with E-state index in [0.29, 0.717) is 0 Å². The summed E-state index contributed by atoms with van der Waals surface area (Å²) >= 11 is -5.44. The van der Waals surface area contributed by atoms with Crippen LogP contribution in [0.5, 0.6) is 0 Å². The minimum Gasteiger partial charge on any atom is 0 e. The van der Waals surface area contributed by atoms with Crippen LogP contribution in [0.15, 0.2) is 0 Å². The molecule has 33 heavy (non-hydrogen) atoms. The summed E-state index contributed by atoms with van der Waals surface area (Å²) in [6.07, 6.45) is 0. The zero-order valence-electron chi connectivity index (χ0n) is 25.2. The van der Waals surface area contributed by atoms with Gasteiger partial charge < -0.3 is 0 Å². The Morgan fingerprint density at radius 3 is 0.424 bits per heavy atom. The van der Waals surface area contributed by atoms with Crippen molar-refractivity contribution in [2.45, 2.75) is 158 Å². The van der Waals surface area contributed by atoms with Crippen LogP contribution in [-0.2, 0) is 18.4 Å². The van der Waals surface area contributed by atoms with Gasteiger partial charge in [0.1, 0.15) is 0 Å². The van der Waals surface area contributed by atoms with Gasteiger partial charge in [-0.3, -0.25) is 0 Å². The summed E-state index contributed by atoms with van der Waals surface area (Å²) in [5.74, 6) is 0. The zero-order valence-corrected chi connectivity index (χ0v) is 35.3. The zero-order chi connectivity index (χ0) is 26.4. The first-order valence-corrected chi connectivity index (χ1v) is 18.4. The van der Waals surface area contributed by atoms with Gasteiger partial charge in [-0.1, -0.05) is 0 Å². The van der Waals surface area contributed by atoms with E-state index < -0.39 is 42.0 Å². The van der Waals surface area contributed by atoms with Crippen LogP contribution in [0, 0.1) is 0 Å². The number of hydrogen-bond acceptors (Lipinski definition) is 6. The Labute approximate surface area is 264 Å². The molecule has 0 aliphatic heterocycles. The first-order valence-electron chi connectivity index (χ1n) is 11.4. The molecule has 0 heterocycles. The van der Waals surface area contributed by atoms with E-state index in [1.165, 1.54) is 0 Å². The third kappa shape index (κ3) is 34.9. The topological polar surface area (TPSA) is 55.4 Å². The molecule has 0 aromatic carbocycles. The van der Waals surface area contributed by atoms with Gasteiger partial charge in [-0.2, -0.15) is 0 Å². The molecule has 196 valence electrons. The maximum absolute atomic E-state index is 5.94. The maximum Gasteiger partial charge on any atom is 0 e. The minimum atomic E-state index is -2.72. The van der Waals surface area contributed by atoms with Crippen LogP contribution in [0.1, 0.15) is 125 Å². The van der Waals surface area contributed by atoms with E-state index in [1.54, 1.807) is 0 Å². The first kappa shape index (κ1) is 40.4. The molecule has 0 spiro atoms.